The van der Waals surface area contributed by atoms with Crippen LogP contribution in [0.25, 0.3) is 0 Å². The lowest BCUT2D eigenvalue weighted by Gasteiger charge is -2.23. The number of halogens is 3. The van der Waals surface area contributed by atoms with Crippen LogP contribution in [0, 0.1) is 0 Å². The highest BCUT2D eigenvalue weighted by Crippen LogP contribution is 2.35. The molecule has 1 aromatic carbocycles. The first-order valence-corrected chi connectivity index (χ1v) is 7.57. The van der Waals surface area contributed by atoms with Crippen LogP contribution >= 0.6 is 0 Å². The third kappa shape index (κ3) is 4.40. The molecule has 1 aromatic rings. The van der Waals surface area contributed by atoms with Gasteiger partial charge in [-0.2, -0.15) is 17.5 Å². The first kappa shape index (κ1) is 17.9. The maximum Gasteiger partial charge on any atom is 0.417 e. The standard InChI is InChI=1S/C12H16F3NO4S/c13-12(14,15)10-4-1-2-5-11(10)21(19,20)16(7-9-18)6-3-8-17/h1-2,4-5,17-18H,3,6-9H2. The van der Waals surface area contributed by atoms with Gasteiger partial charge < -0.3 is 10.2 Å². The highest BCUT2D eigenvalue weighted by molar-refractivity contribution is 7.89. The molecule has 0 spiro atoms. The summed E-state index contributed by atoms with van der Waals surface area (Å²) < 4.78 is 64.1. The summed E-state index contributed by atoms with van der Waals surface area (Å²) in [4.78, 5) is -0.858. The summed E-state index contributed by atoms with van der Waals surface area (Å²) in [6, 6.07) is 3.87. The molecule has 1 rings (SSSR count). The zero-order valence-corrected chi connectivity index (χ0v) is 11.9. The number of rotatable bonds is 7. The van der Waals surface area contributed by atoms with Crippen LogP contribution in [0.2, 0.25) is 0 Å². The van der Waals surface area contributed by atoms with Crippen molar-refractivity contribution >= 4 is 10.0 Å². The van der Waals surface area contributed by atoms with E-state index in [2.05, 4.69) is 0 Å². The zero-order valence-electron chi connectivity index (χ0n) is 11.0. The highest BCUT2D eigenvalue weighted by Gasteiger charge is 2.38. The Hall–Kier alpha value is -1.16. The first-order chi connectivity index (χ1) is 9.75. The van der Waals surface area contributed by atoms with Crippen LogP contribution in [0.1, 0.15) is 12.0 Å². The van der Waals surface area contributed by atoms with Crippen LogP contribution in [0.5, 0.6) is 0 Å². The van der Waals surface area contributed by atoms with Gasteiger partial charge in [0.1, 0.15) is 0 Å². The summed E-state index contributed by atoms with van der Waals surface area (Å²) in [7, 11) is -4.41. The fourth-order valence-corrected chi connectivity index (χ4v) is 3.46. The molecule has 2 N–H and O–H groups in total. The van der Waals surface area contributed by atoms with E-state index in [1.165, 1.54) is 6.07 Å². The number of aliphatic hydroxyl groups excluding tert-OH is 2. The van der Waals surface area contributed by atoms with Gasteiger partial charge in [-0.3, -0.25) is 0 Å². The minimum atomic E-state index is -4.80. The highest BCUT2D eigenvalue weighted by atomic mass is 32.2. The SMILES string of the molecule is O=S(=O)(c1ccccc1C(F)(F)F)N(CCO)CCCO. The lowest BCUT2D eigenvalue weighted by atomic mass is 10.2. The van der Waals surface area contributed by atoms with E-state index in [4.69, 9.17) is 10.2 Å². The monoisotopic (exact) mass is 327 g/mol. The smallest absolute Gasteiger partial charge is 0.396 e. The Labute approximate surface area is 120 Å². The molecule has 0 saturated carbocycles. The molecule has 0 heterocycles. The Morgan fingerprint density at radius 2 is 1.67 bits per heavy atom. The van der Waals surface area contributed by atoms with Crippen LogP contribution in [0.3, 0.4) is 0 Å². The predicted octanol–water partition coefficient (Wildman–Crippen LogP) is 1.07. The number of hydrogen-bond donors (Lipinski definition) is 2. The van der Waals surface area contributed by atoms with Gasteiger partial charge in [0, 0.05) is 19.7 Å². The average molecular weight is 327 g/mol. The van der Waals surface area contributed by atoms with Crippen molar-refractivity contribution in [3.8, 4) is 0 Å². The van der Waals surface area contributed by atoms with Gasteiger partial charge in [-0.1, -0.05) is 12.1 Å². The molecule has 9 heteroatoms. The topological polar surface area (TPSA) is 77.8 Å². The number of sulfonamides is 1. The van der Waals surface area contributed by atoms with E-state index in [1.54, 1.807) is 0 Å². The first-order valence-electron chi connectivity index (χ1n) is 6.13. The molecule has 0 aliphatic carbocycles. The summed E-state index contributed by atoms with van der Waals surface area (Å²) in [5.41, 5.74) is -1.25. The molecule has 0 aromatic heterocycles. The fourth-order valence-electron chi connectivity index (χ4n) is 1.78. The molecule has 0 atom stereocenters. The molecule has 5 nitrogen and oxygen atoms in total. The van der Waals surface area contributed by atoms with Gasteiger partial charge in [0.15, 0.2) is 0 Å². The van der Waals surface area contributed by atoms with E-state index < -0.39 is 33.3 Å². The van der Waals surface area contributed by atoms with E-state index >= 15 is 0 Å². The second-order valence-corrected chi connectivity index (χ2v) is 6.11. The van der Waals surface area contributed by atoms with Crippen molar-refractivity contribution in [2.45, 2.75) is 17.5 Å². The van der Waals surface area contributed by atoms with Crippen LogP contribution in [0.4, 0.5) is 13.2 Å². The molecule has 0 aliphatic rings. The van der Waals surface area contributed by atoms with Crippen molar-refractivity contribution in [1.82, 2.24) is 4.31 Å². The van der Waals surface area contributed by atoms with E-state index in [1.807, 2.05) is 0 Å². The van der Waals surface area contributed by atoms with Crippen LogP contribution in [-0.2, 0) is 16.2 Å². The van der Waals surface area contributed by atoms with Crippen LogP contribution in [-0.4, -0.2) is 49.2 Å². The van der Waals surface area contributed by atoms with E-state index in [9.17, 15) is 21.6 Å². The van der Waals surface area contributed by atoms with Gasteiger partial charge in [-0.15, -0.1) is 0 Å². The van der Waals surface area contributed by atoms with Crippen molar-refractivity contribution < 1.29 is 31.8 Å². The van der Waals surface area contributed by atoms with Crippen molar-refractivity contribution in [1.29, 1.82) is 0 Å². The minimum Gasteiger partial charge on any atom is -0.396 e. The van der Waals surface area contributed by atoms with Gasteiger partial charge in [0.25, 0.3) is 0 Å². The molecule has 120 valence electrons. The Bertz CT molecular complexity index is 560. The number of alkyl halides is 3. The largest absolute Gasteiger partial charge is 0.417 e. The number of benzene rings is 1. The fraction of sp³-hybridized carbons (Fsp3) is 0.500. The second-order valence-electron chi connectivity index (χ2n) is 4.20. The molecule has 0 bridgehead atoms. The molecule has 0 unspecified atom stereocenters. The summed E-state index contributed by atoms with van der Waals surface area (Å²) in [5.74, 6) is 0. The average Bonchev–Trinajstić information content (AvgIpc) is 2.42. The molecular formula is C12H16F3NO4S. The Morgan fingerprint density at radius 3 is 2.19 bits per heavy atom. The third-order valence-electron chi connectivity index (χ3n) is 2.73. The Kier molecular flexibility index (Phi) is 6.14. The lowest BCUT2D eigenvalue weighted by Crippen LogP contribution is -2.36. The molecule has 21 heavy (non-hydrogen) atoms. The molecular weight excluding hydrogens is 311 g/mol. The minimum absolute atomic E-state index is 0.0629. The molecule has 0 aliphatic heterocycles. The molecule has 0 saturated heterocycles. The van der Waals surface area contributed by atoms with Gasteiger partial charge in [-0.05, 0) is 18.6 Å². The lowest BCUT2D eigenvalue weighted by molar-refractivity contribution is -0.139. The van der Waals surface area contributed by atoms with Crippen LogP contribution < -0.4 is 0 Å². The quantitative estimate of drug-likeness (QED) is 0.785. The number of aliphatic hydroxyl groups is 2. The molecule has 0 amide bonds. The van der Waals surface area contributed by atoms with Crippen LogP contribution in [0.15, 0.2) is 29.2 Å². The Balaban J connectivity index is 3.28. The van der Waals surface area contributed by atoms with Gasteiger partial charge >= 0.3 is 6.18 Å². The van der Waals surface area contributed by atoms with Crippen molar-refractivity contribution in [3.05, 3.63) is 29.8 Å². The van der Waals surface area contributed by atoms with Crippen molar-refractivity contribution in [3.63, 3.8) is 0 Å². The molecule has 0 radical (unpaired) electrons. The number of hydrogen-bond acceptors (Lipinski definition) is 4. The second kappa shape index (κ2) is 7.21. The zero-order chi connectivity index (χ0) is 16.1. The van der Waals surface area contributed by atoms with Gasteiger partial charge in [-0.25, -0.2) is 8.42 Å². The van der Waals surface area contributed by atoms with Gasteiger partial charge in [0.2, 0.25) is 10.0 Å². The van der Waals surface area contributed by atoms with Crippen molar-refractivity contribution in [2.75, 3.05) is 26.3 Å². The van der Waals surface area contributed by atoms with E-state index in [-0.39, 0.29) is 26.1 Å². The number of nitrogens with zero attached hydrogens (tertiary/aromatic N) is 1. The van der Waals surface area contributed by atoms with Gasteiger partial charge in [0.05, 0.1) is 17.1 Å². The predicted molar refractivity (Wildman–Crippen MR) is 69.0 cm³/mol. The van der Waals surface area contributed by atoms with E-state index in [0.29, 0.717) is 6.07 Å². The maximum atomic E-state index is 12.9. The Morgan fingerprint density at radius 1 is 1.05 bits per heavy atom. The van der Waals surface area contributed by atoms with Crippen molar-refractivity contribution in [2.24, 2.45) is 0 Å². The molecule has 0 fully saturated rings. The normalized spacial score (nSPS) is 12.9. The summed E-state index contributed by atoms with van der Waals surface area (Å²) in [5, 5.41) is 17.6. The summed E-state index contributed by atoms with van der Waals surface area (Å²) in [6.07, 6.45) is -4.74. The summed E-state index contributed by atoms with van der Waals surface area (Å²) in [6.45, 7) is -1.35. The maximum absolute atomic E-state index is 12.9. The third-order valence-corrected chi connectivity index (χ3v) is 4.68. The summed E-state index contributed by atoms with van der Waals surface area (Å²) >= 11 is 0. The van der Waals surface area contributed by atoms with E-state index in [0.717, 1.165) is 16.4 Å².